The Bertz CT molecular complexity index is 568. The molecule has 3 heteroatoms. The van der Waals surface area contributed by atoms with Crippen LogP contribution in [0.3, 0.4) is 0 Å². The van der Waals surface area contributed by atoms with Gasteiger partial charge in [-0.3, -0.25) is 10.8 Å². The van der Waals surface area contributed by atoms with Gasteiger partial charge in [-0.05, 0) is 40.7 Å². The maximum atomic E-state index is 5.75. The van der Waals surface area contributed by atoms with Crippen LogP contribution < -0.4 is 11.3 Å². The Morgan fingerprint density at radius 3 is 2.25 bits per heavy atom. The van der Waals surface area contributed by atoms with Crippen LogP contribution >= 0.6 is 0 Å². The minimum atomic E-state index is -0.0299. The molecule has 1 heterocycles. The number of nitrogens with one attached hydrogen (secondary N) is 1. The normalized spacial score (nSPS) is 13.2. The van der Waals surface area contributed by atoms with E-state index in [-0.39, 0.29) is 11.5 Å². The third-order valence-corrected chi connectivity index (χ3v) is 3.67. The number of aromatic nitrogens is 1. The molecule has 20 heavy (non-hydrogen) atoms. The molecule has 0 aliphatic carbocycles. The first-order chi connectivity index (χ1) is 9.43. The van der Waals surface area contributed by atoms with Crippen LogP contribution in [0.25, 0.3) is 0 Å². The van der Waals surface area contributed by atoms with Gasteiger partial charge in [-0.15, -0.1) is 0 Å². The Morgan fingerprint density at radius 2 is 1.75 bits per heavy atom. The number of pyridine rings is 1. The Labute approximate surface area is 121 Å². The Morgan fingerprint density at radius 1 is 1.10 bits per heavy atom. The van der Waals surface area contributed by atoms with Crippen molar-refractivity contribution in [3.63, 3.8) is 0 Å². The molecule has 2 rings (SSSR count). The zero-order valence-electron chi connectivity index (χ0n) is 12.6. The van der Waals surface area contributed by atoms with E-state index in [0.29, 0.717) is 0 Å². The number of benzene rings is 1. The number of nitrogens with two attached hydrogens (primary N) is 1. The van der Waals surface area contributed by atoms with Gasteiger partial charge in [-0.1, -0.05) is 45.0 Å². The Balaban J connectivity index is 2.36. The third kappa shape index (κ3) is 3.06. The Kier molecular flexibility index (Phi) is 4.21. The third-order valence-electron chi connectivity index (χ3n) is 3.67. The average Bonchev–Trinajstić information content (AvgIpc) is 2.41. The first-order valence-electron chi connectivity index (χ1n) is 6.90. The van der Waals surface area contributed by atoms with E-state index in [1.807, 2.05) is 12.3 Å². The molecule has 3 N–H and O–H groups in total. The molecule has 0 amide bonds. The molecule has 0 fully saturated rings. The molecular formula is C17H23N3. The van der Waals surface area contributed by atoms with Crippen LogP contribution in [-0.2, 0) is 5.41 Å². The predicted molar refractivity (Wildman–Crippen MR) is 83.3 cm³/mol. The van der Waals surface area contributed by atoms with Crippen molar-refractivity contribution in [2.24, 2.45) is 5.84 Å². The van der Waals surface area contributed by atoms with Crippen LogP contribution in [0.5, 0.6) is 0 Å². The molecular weight excluding hydrogens is 246 g/mol. The number of hydrazine groups is 1. The van der Waals surface area contributed by atoms with Crippen molar-refractivity contribution in [3.8, 4) is 0 Å². The molecule has 0 aliphatic rings. The summed E-state index contributed by atoms with van der Waals surface area (Å²) in [5.41, 5.74) is 7.82. The van der Waals surface area contributed by atoms with E-state index in [4.69, 9.17) is 5.84 Å². The van der Waals surface area contributed by atoms with Crippen molar-refractivity contribution >= 4 is 0 Å². The van der Waals surface area contributed by atoms with E-state index in [9.17, 15) is 0 Å². The highest BCUT2D eigenvalue weighted by atomic mass is 15.2. The lowest BCUT2D eigenvalue weighted by atomic mass is 9.85. The van der Waals surface area contributed by atoms with E-state index in [2.05, 4.69) is 62.4 Å². The van der Waals surface area contributed by atoms with Crippen LogP contribution in [0.4, 0.5) is 0 Å². The summed E-state index contributed by atoms with van der Waals surface area (Å²) in [7, 11) is 0. The number of aryl methyl sites for hydroxylation is 1. The number of hydrogen-bond acceptors (Lipinski definition) is 3. The zero-order valence-corrected chi connectivity index (χ0v) is 12.6. The van der Waals surface area contributed by atoms with E-state index >= 15 is 0 Å². The first-order valence-corrected chi connectivity index (χ1v) is 6.90. The van der Waals surface area contributed by atoms with Gasteiger partial charge in [0.15, 0.2) is 0 Å². The molecule has 1 atom stereocenters. The highest BCUT2D eigenvalue weighted by Crippen LogP contribution is 2.27. The molecule has 0 saturated carbocycles. The van der Waals surface area contributed by atoms with Gasteiger partial charge >= 0.3 is 0 Å². The number of nitrogens with zero attached hydrogens (tertiary/aromatic N) is 1. The summed E-state index contributed by atoms with van der Waals surface area (Å²) in [5, 5.41) is 0. The highest BCUT2D eigenvalue weighted by molar-refractivity contribution is 5.37. The van der Waals surface area contributed by atoms with Gasteiger partial charge < -0.3 is 0 Å². The van der Waals surface area contributed by atoms with Gasteiger partial charge in [0.2, 0.25) is 0 Å². The van der Waals surface area contributed by atoms with Gasteiger partial charge in [0.05, 0.1) is 6.04 Å². The van der Waals surface area contributed by atoms with E-state index in [1.54, 1.807) is 6.20 Å². The minimum absolute atomic E-state index is 0.0299. The monoisotopic (exact) mass is 269 g/mol. The molecule has 106 valence electrons. The molecule has 0 spiro atoms. The van der Waals surface area contributed by atoms with Crippen LogP contribution in [0, 0.1) is 6.92 Å². The quantitative estimate of drug-likeness (QED) is 0.664. The van der Waals surface area contributed by atoms with E-state index in [1.165, 1.54) is 11.1 Å². The van der Waals surface area contributed by atoms with Gasteiger partial charge in [-0.25, -0.2) is 5.43 Å². The largest absolute Gasteiger partial charge is 0.271 e. The number of rotatable bonds is 3. The summed E-state index contributed by atoms with van der Waals surface area (Å²) < 4.78 is 0. The van der Waals surface area contributed by atoms with Crippen molar-refractivity contribution in [3.05, 3.63) is 65.0 Å². The summed E-state index contributed by atoms with van der Waals surface area (Å²) in [4.78, 5) is 4.20. The summed E-state index contributed by atoms with van der Waals surface area (Å²) >= 11 is 0. The standard InChI is InChI=1S/C17H23N3/c1-12-9-10-19-11-15(12)16(20-18)13-5-7-14(8-6-13)17(2,3)4/h5-11,16,20H,18H2,1-4H3. The van der Waals surface area contributed by atoms with Crippen molar-refractivity contribution in [1.29, 1.82) is 0 Å². The lowest BCUT2D eigenvalue weighted by molar-refractivity contribution is 0.587. The zero-order chi connectivity index (χ0) is 14.8. The highest BCUT2D eigenvalue weighted by Gasteiger charge is 2.17. The lowest BCUT2D eigenvalue weighted by Crippen LogP contribution is -2.29. The molecule has 0 aliphatic heterocycles. The maximum absolute atomic E-state index is 5.75. The fourth-order valence-electron chi connectivity index (χ4n) is 2.32. The van der Waals surface area contributed by atoms with Crippen LogP contribution in [0.1, 0.15) is 49.1 Å². The molecule has 0 bridgehead atoms. The Hall–Kier alpha value is -1.71. The minimum Gasteiger partial charge on any atom is -0.271 e. The lowest BCUT2D eigenvalue weighted by Gasteiger charge is -2.22. The summed E-state index contributed by atoms with van der Waals surface area (Å²) in [5.74, 6) is 5.75. The SMILES string of the molecule is Cc1ccncc1C(NN)c1ccc(C(C)(C)C)cc1. The van der Waals surface area contributed by atoms with Crippen LogP contribution in [-0.4, -0.2) is 4.98 Å². The topological polar surface area (TPSA) is 50.9 Å². The van der Waals surface area contributed by atoms with Gasteiger partial charge in [-0.2, -0.15) is 0 Å². The fraction of sp³-hybridized carbons (Fsp3) is 0.353. The second kappa shape index (κ2) is 5.73. The van der Waals surface area contributed by atoms with Crippen molar-refractivity contribution < 1.29 is 0 Å². The number of hydrogen-bond donors (Lipinski definition) is 2. The van der Waals surface area contributed by atoms with E-state index < -0.39 is 0 Å². The molecule has 0 saturated heterocycles. The van der Waals surface area contributed by atoms with Crippen molar-refractivity contribution in [2.75, 3.05) is 0 Å². The van der Waals surface area contributed by atoms with Crippen LogP contribution in [0.2, 0.25) is 0 Å². The van der Waals surface area contributed by atoms with Gasteiger partial charge in [0, 0.05) is 12.4 Å². The van der Waals surface area contributed by atoms with E-state index in [0.717, 1.165) is 11.1 Å². The summed E-state index contributed by atoms with van der Waals surface area (Å²) in [6.07, 6.45) is 3.67. The summed E-state index contributed by atoms with van der Waals surface area (Å²) in [6.45, 7) is 8.72. The van der Waals surface area contributed by atoms with Crippen LogP contribution in [0.15, 0.2) is 42.7 Å². The molecule has 1 unspecified atom stereocenters. The molecule has 3 nitrogen and oxygen atoms in total. The predicted octanol–water partition coefficient (Wildman–Crippen LogP) is 3.24. The molecule has 0 radical (unpaired) electrons. The maximum Gasteiger partial charge on any atom is 0.0727 e. The first kappa shape index (κ1) is 14.7. The van der Waals surface area contributed by atoms with Crippen molar-refractivity contribution in [1.82, 2.24) is 10.4 Å². The van der Waals surface area contributed by atoms with Gasteiger partial charge in [0.25, 0.3) is 0 Å². The average molecular weight is 269 g/mol. The second-order valence-corrected chi connectivity index (χ2v) is 6.20. The smallest absolute Gasteiger partial charge is 0.0727 e. The molecule has 1 aromatic carbocycles. The van der Waals surface area contributed by atoms with Crippen molar-refractivity contribution in [2.45, 2.75) is 39.2 Å². The molecule has 2 aromatic rings. The fourth-order valence-corrected chi connectivity index (χ4v) is 2.32. The second-order valence-electron chi connectivity index (χ2n) is 6.20. The molecule has 1 aromatic heterocycles. The summed E-state index contributed by atoms with van der Waals surface area (Å²) in [6, 6.07) is 10.6. The van der Waals surface area contributed by atoms with Gasteiger partial charge in [0.1, 0.15) is 0 Å².